The molecule has 1 atom stereocenters. The van der Waals surface area contributed by atoms with Gasteiger partial charge in [0.15, 0.2) is 0 Å². The van der Waals surface area contributed by atoms with Gasteiger partial charge in [0.05, 0.1) is 18.5 Å². The van der Waals surface area contributed by atoms with Crippen molar-refractivity contribution in [2.24, 2.45) is 0 Å². The highest BCUT2D eigenvalue weighted by Crippen LogP contribution is 2.31. The number of aromatic nitrogens is 1. The van der Waals surface area contributed by atoms with E-state index in [1.54, 1.807) is 34.6 Å². The van der Waals surface area contributed by atoms with Gasteiger partial charge in [-0.2, -0.15) is 13.2 Å². The van der Waals surface area contributed by atoms with E-state index in [1.165, 1.54) is 4.90 Å². The number of pyridine rings is 1. The molecule has 0 aliphatic carbocycles. The molecule has 0 saturated carbocycles. The van der Waals surface area contributed by atoms with E-state index in [2.05, 4.69) is 10.3 Å². The second-order valence-corrected chi connectivity index (χ2v) is 7.54. The summed E-state index contributed by atoms with van der Waals surface area (Å²) < 4.78 is 48.5. The molecule has 1 fully saturated rings. The average molecular weight is 389 g/mol. The number of nitrogens with zero attached hydrogens (tertiary/aromatic N) is 2. The highest BCUT2D eigenvalue weighted by Gasteiger charge is 2.48. The quantitative estimate of drug-likeness (QED) is 0.838. The van der Waals surface area contributed by atoms with E-state index in [1.807, 2.05) is 0 Å². The zero-order chi connectivity index (χ0) is 20.6. The summed E-state index contributed by atoms with van der Waals surface area (Å²) in [5, 5.41) is 2.45. The van der Waals surface area contributed by atoms with Gasteiger partial charge < -0.3 is 14.8 Å². The van der Waals surface area contributed by atoms with Crippen molar-refractivity contribution in [2.75, 3.05) is 11.9 Å². The normalized spacial score (nSPS) is 19.7. The van der Waals surface area contributed by atoms with E-state index in [9.17, 15) is 22.8 Å². The largest absolute Gasteiger partial charge is 0.444 e. The van der Waals surface area contributed by atoms with Gasteiger partial charge in [-0.05, 0) is 46.8 Å². The lowest BCUT2D eigenvalue weighted by molar-refractivity contribution is -0.141. The van der Waals surface area contributed by atoms with Crippen molar-refractivity contribution < 1.29 is 32.2 Å². The zero-order valence-corrected chi connectivity index (χ0v) is 15.7. The van der Waals surface area contributed by atoms with Gasteiger partial charge in [0.1, 0.15) is 23.1 Å². The third-order valence-electron chi connectivity index (χ3n) is 3.70. The van der Waals surface area contributed by atoms with Gasteiger partial charge in [-0.1, -0.05) is 0 Å². The molecular formula is C17H22F3N3O4. The molecule has 7 nitrogen and oxygen atoms in total. The third-order valence-corrected chi connectivity index (χ3v) is 3.70. The minimum atomic E-state index is -4.57. The van der Waals surface area contributed by atoms with Crippen LogP contribution >= 0.6 is 0 Å². The lowest BCUT2D eigenvalue weighted by atomic mass is 10.2. The molecule has 1 aromatic heterocycles. The molecule has 0 spiro atoms. The number of alkyl halides is 3. The fourth-order valence-electron chi connectivity index (χ4n) is 2.51. The lowest BCUT2D eigenvalue weighted by Crippen LogP contribution is -2.53. The van der Waals surface area contributed by atoms with Gasteiger partial charge in [-0.3, -0.25) is 9.69 Å². The van der Waals surface area contributed by atoms with Gasteiger partial charge in [0.2, 0.25) is 5.91 Å². The number of hydrogen-bond donors (Lipinski definition) is 1. The Morgan fingerprint density at radius 3 is 2.41 bits per heavy atom. The Balaban J connectivity index is 2.15. The van der Waals surface area contributed by atoms with Crippen molar-refractivity contribution in [3.8, 4) is 0 Å². The highest BCUT2D eigenvalue weighted by atomic mass is 19.4. The molecule has 1 aliphatic heterocycles. The molecule has 0 radical (unpaired) electrons. The standard InChI is InChI=1S/C17H22F3N3O4/c1-15(2,3)27-14(25)23-11(9-26-16(23,4)5)13(24)22-10-6-7-12(21-8-10)17(18,19)20/h6-8,11H,9H2,1-5H3,(H,22,24). The number of rotatable bonds is 2. The molecule has 1 unspecified atom stereocenters. The van der Waals surface area contributed by atoms with E-state index in [0.29, 0.717) is 0 Å². The van der Waals surface area contributed by atoms with Gasteiger partial charge in [-0.25, -0.2) is 9.78 Å². The van der Waals surface area contributed by atoms with Crippen molar-refractivity contribution in [3.05, 3.63) is 24.0 Å². The van der Waals surface area contributed by atoms with E-state index in [0.717, 1.165) is 18.3 Å². The van der Waals surface area contributed by atoms with Gasteiger partial charge >= 0.3 is 12.3 Å². The first-order chi connectivity index (χ1) is 12.2. The zero-order valence-electron chi connectivity index (χ0n) is 15.7. The monoisotopic (exact) mass is 389 g/mol. The molecule has 0 aromatic carbocycles. The SMILES string of the molecule is CC(C)(C)OC(=O)N1C(C(=O)Nc2ccc(C(F)(F)F)nc2)COC1(C)C. The molecule has 150 valence electrons. The van der Waals surface area contributed by atoms with Gasteiger partial charge in [0, 0.05) is 0 Å². The van der Waals surface area contributed by atoms with Crippen molar-refractivity contribution in [1.82, 2.24) is 9.88 Å². The van der Waals surface area contributed by atoms with Crippen molar-refractivity contribution in [3.63, 3.8) is 0 Å². The van der Waals surface area contributed by atoms with Crippen molar-refractivity contribution >= 4 is 17.7 Å². The number of halogens is 3. The molecule has 1 aliphatic rings. The summed E-state index contributed by atoms with van der Waals surface area (Å²) in [4.78, 5) is 29.5. The molecular weight excluding hydrogens is 367 g/mol. The summed E-state index contributed by atoms with van der Waals surface area (Å²) in [6.45, 7) is 8.23. The number of nitrogens with one attached hydrogen (secondary N) is 1. The lowest BCUT2D eigenvalue weighted by Gasteiger charge is -2.34. The topological polar surface area (TPSA) is 80.8 Å². The second-order valence-electron chi connectivity index (χ2n) is 7.54. The molecule has 0 bridgehead atoms. The molecule has 2 rings (SSSR count). The van der Waals surface area contributed by atoms with E-state index < -0.39 is 41.2 Å². The van der Waals surface area contributed by atoms with Crippen LogP contribution in [0.5, 0.6) is 0 Å². The van der Waals surface area contributed by atoms with Crippen LogP contribution in [-0.2, 0) is 20.4 Å². The maximum atomic E-state index is 12.6. The van der Waals surface area contributed by atoms with Crippen LogP contribution in [0, 0.1) is 0 Å². The number of hydrogen-bond acceptors (Lipinski definition) is 5. The summed E-state index contributed by atoms with van der Waals surface area (Å²) in [7, 11) is 0. The van der Waals surface area contributed by atoms with E-state index in [-0.39, 0.29) is 12.3 Å². The molecule has 2 heterocycles. The number of ether oxygens (including phenoxy) is 2. The summed E-state index contributed by atoms with van der Waals surface area (Å²) in [5.41, 5.74) is -2.85. The minimum Gasteiger partial charge on any atom is -0.444 e. The van der Waals surface area contributed by atoms with Crippen LogP contribution in [0.15, 0.2) is 18.3 Å². The summed E-state index contributed by atoms with van der Waals surface area (Å²) in [6, 6.07) is 0.847. The summed E-state index contributed by atoms with van der Waals surface area (Å²) in [6.07, 6.45) is -4.39. The molecule has 1 saturated heterocycles. The maximum absolute atomic E-state index is 12.6. The highest BCUT2D eigenvalue weighted by molar-refractivity contribution is 5.97. The molecule has 1 N–H and O–H groups in total. The fourth-order valence-corrected chi connectivity index (χ4v) is 2.51. The predicted molar refractivity (Wildman–Crippen MR) is 89.8 cm³/mol. The van der Waals surface area contributed by atoms with Crippen LogP contribution in [0.1, 0.15) is 40.3 Å². The third kappa shape index (κ3) is 5.09. The first-order valence-electron chi connectivity index (χ1n) is 8.21. The smallest absolute Gasteiger partial charge is 0.433 e. The van der Waals surface area contributed by atoms with Crippen LogP contribution in [0.3, 0.4) is 0 Å². The first kappa shape index (κ1) is 20.9. The number of carbonyl (C=O) groups excluding carboxylic acids is 2. The number of carbonyl (C=O) groups is 2. The Hall–Kier alpha value is -2.36. The first-order valence-corrected chi connectivity index (χ1v) is 8.21. The second kappa shape index (κ2) is 6.99. The Morgan fingerprint density at radius 2 is 1.93 bits per heavy atom. The molecule has 10 heteroatoms. The summed E-state index contributed by atoms with van der Waals surface area (Å²) in [5.74, 6) is -0.618. The van der Waals surface area contributed by atoms with E-state index in [4.69, 9.17) is 9.47 Å². The van der Waals surface area contributed by atoms with E-state index >= 15 is 0 Å². The molecule has 1 aromatic rings. The Bertz CT molecular complexity index is 712. The fraction of sp³-hybridized carbons (Fsp3) is 0.588. The van der Waals surface area contributed by atoms with Crippen molar-refractivity contribution in [1.29, 1.82) is 0 Å². The predicted octanol–water partition coefficient (Wildman–Crippen LogP) is 3.41. The summed E-state index contributed by atoms with van der Waals surface area (Å²) >= 11 is 0. The number of anilines is 1. The van der Waals surface area contributed by atoms with Crippen molar-refractivity contribution in [2.45, 2.75) is 58.2 Å². The molecule has 27 heavy (non-hydrogen) atoms. The van der Waals surface area contributed by atoms with Gasteiger partial charge in [-0.15, -0.1) is 0 Å². The van der Waals surface area contributed by atoms with Crippen LogP contribution in [0.25, 0.3) is 0 Å². The Morgan fingerprint density at radius 1 is 1.30 bits per heavy atom. The minimum absolute atomic E-state index is 0.0712. The number of amides is 2. The Labute approximate surface area is 154 Å². The van der Waals surface area contributed by atoms with Crippen LogP contribution in [0.2, 0.25) is 0 Å². The molecule has 2 amide bonds. The Kier molecular flexibility index (Phi) is 5.42. The van der Waals surface area contributed by atoms with Crippen LogP contribution in [-0.4, -0.2) is 45.9 Å². The van der Waals surface area contributed by atoms with Gasteiger partial charge in [0.25, 0.3) is 0 Å². The van der Waals surface area contributed by atoms with Crippen LogP contribution in [0.4, 0.5) is 23.7 Å². The van der Waals surface area contributed by atoms with Crippen LogP contribution < -0.4 is 5.32 Å². The average Bonchev–Trinajstić information content (AvgIpc) is 2.80. The maximum Gasteiger partial charge on any atom is 0.433 e.